The molecule has 4 nitrogen and oxygen atoms in total. The first-order chi connectivity index (χ1) is 7.36. The maximum atomic E-state index is 5.24. The molecule has 2 fully saturated rings. The standard InChI is InChI=1S/C11H15N3O/c1-15-9-5-14(6-9)11-4-10(8-2-3-8)12-7-13-11/h4,7-9H,2-3,5-6H2,1H3. The van der Waals surface area contributed by atoms with Crippen LogP contribution >= 0.6 is 0 Å². The van der Waals surface area contributed by atoms with Crippen LogP contribution in [-0.4, -0.2) is 36.3 Å². The van der Waals surface area contributed by atoms with Crippen molar-refractivity contribution in [3.8, 4) is 0 Å². The molecular weight excluding hydrogens is 190 g/mol. The van der Waals surface area contributed by atoms with Gasteiger partial charge in [0.15, 0.2) is 0 Å². The quantitative estimate of drug-likeness (QED) is 0.743. The van der Waals surface area contributed by atoms with E-state index in [-0.39, 0.29) is 0 Å². The second-order valence-corrected chi connectivity index (χ2v) is 4.34. The summed E-state index contributed by atoms with van der Waals surface area (Å²) in [6, 6.07) is 2.13. The summed E-state index contributed by atoms with van der Waals surface area (Å²) in [5.74, 6) is 1.76. The zero-order valence-corrected chi connectivity index (χ0v) is 8.89. The Morgan fingerprint density at radius 1 is 1.33 bits per heavy atom. The van der Waals surface area contributed by atoms with Crippen LogP contribution in [0.2, 0.25) is 0 Å². The molecule has 0 spiro atoms. The smallest absolute Gasteiger partial charge is 0.132 e. The van der Waals surface area contributed by atoms with Crippen LogP contribution in [-0.2, 0) is 4.74 Å². The molecular formula is C11H15N3O. The van der Waals surface area contributed by atoms with E-state index in [4.69, 9.17) is 4.74 Å². The lowest BCUT2D eigenvalue weighted by Crippen LogP contribution is -2.52. The highest BCUT2D eigenvalue weighted by molar-refractivity contribution is 5.43. The van der Waals surface area contributed by atoms with Crippen LogP contribution < -0.4 is 4.90 Å². The van der Waals surface area contributed by atoms with Gasteiger partial charge in [-0.3, -0.25) is 0 Å². The topological polar surface area (TPSA) is 38.2 Å². The van der Waals surface area contributed by atoms with Gasteiger partial charge in [-0.25, -0.2) is 9.97 Å². The number of anilines is 1. The minimum Gasteiger partial charge on any atom is -0.378 e. The van der Waals surface area contributed by atoms with E-state index >= 15 is 0 Å². The van der Waals surface area contributed by atoms with Crippen molar-refractivity contribution in [2.24, 2.45) is 0 Å². The number of ether oxygens (including phenoxy) is 1. The molecule has 1 aliphatic carbocycles. The fourth-order valence-electron chi connectivity index (χ4n) is 1.91. The summed E-state index contributed by atoms with van der Waals surface area (Å²) in [7, 11) is 1.76. The Morgan fingerprint density at radius 2 is 2.13 bits per heavy atom. The van der Waals surface area contributed by atoms with Crippen LogP contribution in [0.4, 0.5) is 5.82 Å². The number of methoxy groups -OCH3 is 1. The Kier molecular flexibility index (Phi) is 2.09. The van der Waals surface area contributed by atoms with Crippen molar-refractivity contribution < 1.29 is 4.74 Å². The van der Waals surface area contributed by atoms with E-state index in [9.17, 15) is 0 Å². The molecule has 80 valence electrons. The molecule has 1 aliphatic heterocycles. The second kappa shape index (κ2) is 3.45. The lowest BCUT2D eigenvalue weighted by Gasteiger charge is -2.38. The average Bonchev–Trinajstić information content (AvgIpc) is 3.00. The van der Waals surface area contributed by atoms with Crippen molar-refractivity contribution in [2.45, 2.75) is 24.9 Å². The summed E-state index contributed by atoms with van der Waals surface area (Å²) in [5, 5.41) is 0. The maximum absolute atomic E-state index is 5.24. The van der Waals surface area contributed by atoms with Crippen molar-refractivity contribution in [1.82, 2.24) is 9.97 Å². The summed E-state index contributed by atoms with van der Waals surface area (Å²) < 4.78 is 5.24. The van der Waals surface area contributed by atoms with Gasteiger partial charge >= 0.3 is 0 Å². The van der Waals surface area contributed by atoms with Crippen LogP contribution in [0.25, 0.3) is 0 Å². The van der Waals surface area contributed by atoms with Gasteiger partial charge in [-0.05, 0) is 12.8 Å². The van der Waals surface area contributed by atoms with E-state index < -0.39 is 0 Å². The summed E-state index contributed by atoms with van der Waals surface area (Å²) in [5.41, 5.74) is 1.21. The molecule has 3 rings (SSSR count). The summed E-state index contributed by atoms with van der Waals surface area (Å²) >= 11 is 0. The highest BCUT2D eigenvalue weighted by Gasteiger charge is 2.30. The van der Waals surface area contributed by atoms with Gasteiger partial charge in [0.05, 0.1) is 6.10 Å². The lowest BCUT2D eigenvalue weighted by molar-refractivity contribution is 0.0783. The van der Waals surface area contributed by atoms with Gasteiger partial charge in [-0.15, -0.1) is 0 Å². The highest BCUT2D eigenvalue weighted by Crippen LogP contribution is 2.39. The Balaban J connectivity index is 1.72. The fourth-order valence-corrected chi connectivity index (χ4v) is 1.91. The van der Waals surface area contributed by atoms with E-state index in [1.807, 2.05) is 0 Å². The van der Waals surface area contributed by atoms with Gasteiger partial charge in [-0.2, -0.15) is 0 Å². The third-order valence-electron chi connectivity index (χ3n) is 3.17. The third kappa shape index (κ3) is 1.69. The van der Waals surface area contributed by atoms with E-state index in [1.165, 1.54) is 18.5 Å². The minimum atomic E-state index is 0.379. The Morgan fingerprint density at radius 3 is 2.80 bits per heavy atom. The van der Waals surface area contributed by atoms with E-state index in [0.717, 1.165) is 18.9 Å². The summed E-state index contributed by atoms with van der Waals surface area (Å²) in [4.78, 5) is 10.8. The van der Waals surface area contributed by atoms with E-state index in [1.54, 1.807) is 13.4 Å². The maximum Gasteiger partial charge on any atom is 0.132 e. The molecule has 2 aliphatic rings. The zero-order chi connectivity index (χ0) is 10.3. The second-order valence-electron chi connectivity index (χ2n) is 4.34. The molecule has 0 atom stereocenters. The van der Waals surface area contributed by atoms with Crippen LogP contribution in [0.15, 0.2) is 12.4 Å². The van der Waals surface area contributed by atoms with E-state index in [0.29, 0.717) is 12.0 Å². The van der Waals surface area contributed by atoms with Gasteiger partial charge in [-0.1, -0.05) is 0 Å². The summed E-state index contributed by atoms with van der Waals surface area (Å²) in [6.45, 7) is 1.91. The molecule has 0 amide bonds. The minimum absolute atomic E-state index is 0.379. The SMILES string of the molecule is COC1CN(c2cc(C3CC3)ncn2)C1. The van der Waals surface area contributed by atoms with Gasteiger partial charge in [0, 0.05) is 37.9 Å². The highest BCUT2D eigenvalue weighted by atomic mass is 16.5. The molecule has 1 aromatic heterocycles. The lowest BCUT2D eigenvalue weighted by atomic mass is 10.1. The number of hydrogen-bond donors (Lipinski definition) is 0. The van der Waals surface area contributed by atoms with Crippen molar-refractivity contribution >= 4 is 5.82 Å². The average molecular weight is 205 g/mol. The first kappa shape index (κ1) is 9.09. The third-order valence-corrected chi connectivity index (χ3v) is 3.17. The zero-order valence-electron chi connectivity index (χ0n) is 8.89. The van der Waals surface area contributed by atoms with E-state index in [2.05, 4.69) is 20.9 Å². The van der Waals surface area contributed by atoms with Gasteiger partial charge < -0.3 is 9.64 Å². The molecule has 1 saturated heterocycles. The monoisotopic (exact) mass is 205 g/mol. The largest absolute Gasteiger partial charge is 0.378 e. The summed E-state index contributed by atoms with van der Waals surface area (Å²) in [6.07, 6.45) is 4.64. The molecule has 1 aromatic rings. The van der Waals surface area contributed by atoms with Crippen molar-refractivity contribution in [2.75, 3.05) is 25.1 Å². The molecule has 0 bridgehead atoms. The van der Waals surface area contributed by atoms with Crippen molar-refractivity contribution in [3.05, 3.63) is 18.1 Å². The van der Waals surface area contributed by atoms with Gasteiger partial charge in [0.2, 0.25) is 0 Å². The first-order valence-electron chi connectivity index (χ1n) is 5.46. The van der Waals surface area contributed by atoms with Gasteiger partial charge in [0.25, 0.3) is 0 Å². The normalized spacial score (nSPS) is 21.5. The molecule has 1 saturated carbocycles. The molecule has 15 heavy (non-hydrogen) atoms. The molecule has 0 unspecified atom stereocenters. The predicted octanol–water partition coefficient (Wildman–Crippen LogP) is 1.19. The van der Waals surface area contributed by atoms with Gasteiger partial charge in [0.1, 0.15) is 12.1 Å². The predicted molar refractivity (Wildman–Crippen MR) is 57.0 cm³/mol. The molecule has 0 N–H and O–H groups in total. The van der Waals surface area contributed by atoms with Crippen LogP contribution in [0, 0.1) is 0 Å². The number of hydrogen-bond acceptors (Lipinski definition) is 4. The Labute approximate surface area is 89.3 Å². The number of rotatable bonds is 3. The number of nitrogens with zero attached hydrogens (tertiary/aromatic N) is 3. The Hall–Kier alpha value is -1.16. The molecule has 0 radical (unpaired) electrons. The van der Waals surface area contributed by atoms with Crippen LogP contribution in [0.1, 0.15) is 24.5 Å². The Bertz CT molecular complexity index is 359. The fraction of sp³-hybridized carbons (Fsp3) is 0.636. The van der Waals surface area contributed by atoms with Crippen molar-refractivity contribution in [3.63, 3.8) is 0 Å². The first-order valence-corrected chi connectivity index (χ1v) is 5.46. The van der Waals surface area contributed by atoms with Crippen LogP contribution in [0.5, 0.6) is 0 Å². The number of aromatic nitrogens is 2. The molecule has 4 heteroatoms. The van der Waals surface area contributed by atoms with Crippen molar-refractivity contribution in [1.29, 1.82) is 0 Å². The van der Waals surface area contributed by atoms with Crippen LogP contribution in [0.3, 0.4) is 0 Å². The molecule has 2 heterocycles. The molecule has 0 aromatic carbocycles.